The maximum absolute atomic E-state index is 9.73. The molecule has 9 aromatic rings. The van der Waals surface area contributed by atoms with E-state index in [0.29, 0.717) is 11.1 Å². The van der Waals surface area contributed by atoms with Gasteiger partial charge < -0.3 is 4.90 Å². The van der Waals surface area contributed by atoms with Crippen LogP contribution in [0.15, 0.2) is 212 Å². The van der Waals surface area contributed by atoms with Crippen molar-refractivity contribution in [3.05, 3.63) is 212 Å². The Balaban J connectivity index is 1.21. The molecule has 0 radical (unpaired) electrons. The van der Waals surface area contributed by atoms with E-state index in [2.05, 4.69) is 91.0 Å². The zero-order chi connectivity index (χ0) is 37.5. The Morgan fingerprint density at radius 3 is 1.71 bits per heavy atom. The molecule has 0 unspecified atom stereocenters. The lowest BCUT2D eigenvalue weighted by molar-refractivity contribution is 1.28. The third-order valence-corrected chi connectivity index (χ3v) is 9.53. The van der Waals surface area contributed by atoms with E-state index in [1.165, 1.54) is 5.56 Å². The molecule has 1 nitrogen and oxygen atoms in total. The average molecular weight is 654 g/mol. The van der Waals surface area contributed by atoms with E-state index in [4.69, 9.17) is 2.74 Å². The first-order valence-corrected chi connectivity index (χ1v) is 17.2. The van der Waals surface area contributed by atoms with Crippen LogP contribution in [0.3, 0.4) is 0 Å². The van der Waals surface area contributed by atoms with Gasteiger partial charge in [0, 0.05) is 17.1 Å². The molecule has 0 heterocycles. The summed E-state index contributed by atoms with van der Waals surface area (Å²) in [6.07, 6.45) is 0. The Morgan fingerprint density at radius 2 is 0.922 bits per heavy atom. The summed E-state index contributed by atoms with van der Waals surface area (Å²) in [5.74, 6) is 0. The Kier molecular flexibility index (Phi) is 6.84. The highest BCUT2D eigenvalue weighted by Crippen LogP contribution is 2.40. The maximum Gasteiger partial charge on any atom is 0.0651 e. The molecular formula is C50H35N. The second kappa shape index (κ2) is 13.3. The number of rotatable bonds is 7. The second-order valence-corrected chi connectivity index (χ2v) is 12.7. The summed E-state index contributed by atoms with van der Waals surface area (Å²) in [6, 6.07) is 63.1. The molecule has 0 aliphatic rings. The monoisotopic (exact) mass is 653 g/mol. The van der Waals surface area contributed by atoms with Gasteiger partial charge in [-0.25, -0.2) is 0 Å². The van der Waals surface area contributed by atoms with Crippen molar-refractivity contribution in [1.29, 1.82) is 0 Å². The van der Waals surface area contributed by atoms with Gasteiger partial charge in [-0.15, -0.1) is 0 Å². The lowest BCUT2D eigenvalue weighted by Gasteiger charge is -2.27. The van der Waals surface area contributed by atoms with E-state index in [1.807, 2.05) is 102 Å². The van der Waals surface area contributed by atoms with E-state index in [0.717, 1.165) is 60.7 Å². The summed E-state index contributed by atoms with van der Waals surface area (Å²) in [5.41, 5.74) is 9.21. The standard InChI is InChI=1S/C50H35N/c1-2-11-36(12-3-1)38-23-25-39(26-24-38)40-29-31-46(32-30-40)51(47-19-8-17-43(34-47)44-28-27-37-13-4-5-15-42(37)33-44)48-20-9-18-45(35-48)50-22-10-16-41-14-6-7-21-49(41)50/h1-35H/i8D,17D,19D,34D. The van der Waals surface area contributed by atoms with Crippen molar-refractivity contribution in [2.24, 2.45) is 0 Å². The van der Waals surface area contributed by atoms with Gasteiger partial charge in [0.1, 0.15) is 0 Å². The highest BCUT2D eigenvalue weighted by atomic mass is 15.1. The second-order valence-electron chi connectivity index (χ2n) is 12.7. The number of hydrogen-bond acceptors (Lipinski definition) is 1. The SMILES string of the molecule is [2H]c1c([2H])c(-c2ccc3ccccc3c2)c([2H])c(N(c2ccc(-c3ccc(-c4ccccc4)cc3)cc2)c2cccc(-c3cccc4ccccc34)c2)c1[2H]. The summed E-state index contributed by atoms with van der Waals surface area (Å²) in [5, 5.41) is 4.30. The number of nitrogens with zero attached hydrogens (tertiary/aromatic N) is 1. The van der Waals surface area contributed by atoms with Crippen LogP contribution in [0.25, 0.3) is 66.1 Å². The van der Waals surface area contributed by atoms with Gasteiger partial charge >= 0.3 is 0 Å². The number of hydrogen-bond donors (Lipinski definition) is 0. The van der Waals surface area contributed by atoms with E-state index in [-0.39, 0.29) is 29.9 Å². The molecular weight excluding hydrogens is 615 g/mol. The van der Waals surface area contributed by atoms with Crippen LogP contribution in [0, 0.1) is 0 Å². The normalized spacial score (nSPS) is 12.2. The molecule has 0 atom stereocenters. The van der Waals surface area contributed by atoms with Gasteiger partial charge in [-0.05, 0) is 108 Å². The van der Waals surface area contributed by atoms with Gasteiger partial charge in [0.25, 0.3) is 0 Å². The van der Waals surface area contributed by atoms with Gasteiger partial charge in [-0.3, -0.25) is 0 Å². The van der Waals surface area contributed by atoms with E-state index < -0.39 is 0 Å². The fraction of sp³-hybridized carbons (Fsp3) is 0. The highest BCUT2D eigenvalue weighted by molar-refractivity contribution is 5.97. The molecule has 0 saturated carbocycles. The number of anilines is 3. The fourth-order valence-corrected chi connectivity index (χ4v) is 6.92. The van der Waals surface area contributed by atoms with Crippen molar-refractivity contribution in [3.63, 3.8) is 0 Å². The molecule has 0 aromatic heterocycles. The van der Waals surface area contributed by atoms with Crippen molar-refractivity contribution >= 4 is 38.6 Å². The van der Waals surface area contributed by atoms with Crippen molar-refractivity contribution in [1.82, 2.24) is 0 Å². The summed E-state index contributed by atoms with van der Waals surface area (Å²) in [6.45, 7) is 0. The van der Waals surface area contributed by atoms with Crippen LogP contribution < -0.4 is 4.90 Å². The molecule has 0 aliphatic heterocycles. The first-order valence-electron chi connectivity index (χ1n) is 19.2. The minimum Gasteiger partial charge on any atom is -0.310 e. The van der Waals surface area contributed by atoms with Crippen LogP contribution >= 0.6 is 0 Å². The van der Waals surface area contributed by atoms with Crippen molar-refractivity contribution in [2.75, 3.05) is 4.90 Å². The first-order chi connectivity index (χ1) is 26.9. The third-order valence-electron chi connectivity index (χ3n) is 9.53. The average Bonchev–Trinajstić information content (AvgIpc) is 3.25. The molecule has 0 bridgehead atoms. The Bertz CT molecular complexity index is 2840. The topological polar surface area (TPSA) is 3.24 Å². The van der Waals surface area contributed by atoms with Crippen molar-refractivity contribution in [3.8, 4) is 44.5 Å². The summed E-state index contributed by atoms with van der Waals surface area (Å²) < 4.78 is 37.1. The van der Waals surface area contributed by atoms with Gasteiger partial charge in [-0.1, -0.05) is 170 Å². The minimum atomic E-state index is -0.223. The quantitative estimate of drug-likeness (QED) is 0.165. The largest absolute Gasteiger partial charge is 0.310 e. The lowest BCUT2D eigenvalue weighted by atomic mass is 9.97. The minimum absolute atomic E-state index is 0.0254. The molecule has 9 rings (SSSR count). The van der Waals surface area contributed by atoms with Gasteiger partial charge in [0.2, 0.25) is 0 Å². The van der Waals surface area contributed by atoms with Crippen LogP contribution in [0.1, 0.15) is 5.48 Å². The molecule has 0 fully saturated rings. The van der Waals surface area contributed by atoms with Crippen molar-refractivity contribution in [2.45, 2.75) is 0 Å². The predicted molar refractivity (Wildman–Crippen MR) is 218 cm³/mol. The van der Waals surface area contributed by atoms with Gasteiger partial charge in [-0.2, -0.15) is 0 Å². The molecule has 0 spiro atoms. The molecule has 0 amide bonds. The van der Waals surface area contributed by atoms with Crippen LogP contribution in [0.5, 0.6) is 0 Å². The summed E-state index contributed by atoms with van der Waals surface area (Å²) in [4.78, 5) is 1.91. The molecule has 0 saturated heterocycles. The Labute approximate surface area is 305 Å². The number of fused-ring (bicyclic) bond motifs is 2. The smallest absolute Gasteiger partial charge is 0.0651 e. The van der Waals surface area contributed by atoms with Crippen molar-refractivity contribution < 1.29 is 5.48 Å². The van der Waals surface area contributed by atoms with Gasteiger partial charge in [0.15, 0.2) is 0 Å². The lowest BCUT2D eigenvalue weighted by Crippen LogP contribution is -2.10. The number of benzene rings is 9. The maximum atomic E-state index is 9.73. The van der Waals surface area contributed by atoms with E-state index >= 15 is 0 Å². The molecule has 9 aromatic carbocycles. The van der Waals surface area contributed by atoms with Crippen LogP contribution in [-0.4, -0.2) is 0 Å². The summed E-state index contributed by atoms with van der Waals surface area (Å²) >= 11 is 0. The fourth-order valence-electron chi connectivity index (χ4n) is 6.92. The third kappa shape index (κ3) is 6.07. The highest BCUT2D eigenvalue weighted by Gasteiger charge is 2.16. The molecule has 240 valence electrons. The zero-order valence-corrected chi connectivity index (χ0v) is 27.8. The Morgan fingerprint density at radius 1 is 0.333 bits per heavy atom. The summed E-state index contributed by atoms with van der Waals surface area (Å²) in [7, 11) is 0. The molecule has 0 aliphatic carbocycles. The first kappa shape index (κ1) is 26.2. The van der Waals surface area contributed by atoms with Gasteiger partial charge in [0.05, 0.1) is 5.48 Å². The van der Waals surface area contributed by atoms with Crippen LogP contribution in [0.2, 0.25) is 0 Å². The predicted octanol–water partition coefficient (Wildman–Crippen LogP) is 14.1. The molecule has 51 heavy (non-hydrogen) atoms. The zero-order valence-electron chi connectivity index (χ0n) is 31.8. The van der Waals surface area contributed by atoms with E-state index in [9.17, 15) is 2.74 Å². The van der Waals surface area contributed by atoms with Crippen LogP contribution in [0.4, 0.5) is 17.1 Å². The van der Waals surface area contributed by atoms with Crippen LogP contribution in [-0.2, 0) is 0 Å². The Hall–Kier alpha value is -6.70. The van der Waals surface area contributed by atoms with E-state index in [1.54, 1.807) is 0 Å². The molecule has 1 heteroatoms. The molecule has 0 N–H and O–H groups in total.